The van der Waals surface area contributed by atoms with Crippen LogP contribution in [0.2, 0.25) is 0 Å². The van der Waals surface area contributed by atoms with Crippen LogP contribution in [0.3, 0.4) is 0 Å². The van der Waals surface area contributed by atoms with Gasteiger partial charge in [0.15, 0.2) is 0 Å². The Labute approximate surface area is 124 Å². The van der Waals surface area contributed by atoms with Gasteiger partial charge in [-0.25, -0.2) is 4.39 Å². The first-order chi connectivity index (χ1) is 9.54. The number of nitrogens with one attached hydrogen (secondary N) is 1. The number of carbonyl (C=O) groups is 1. The molecule has 1 heterocycles. The summed E-state index contributed by atoms with van der Waals surface area (Å²) in [4.78, 5) is 12.1. The minimum absolute atomic E-state index is 0.0817. The molecule has 0 aliphatic carbocycles. The van der Waals surface area contributed by atoms with E-state index in [9.17, 15) is 9.18 Å². The van der Waals surface area contributed by atoms with Crippen molar-refractivity contribution in [3.63, 3.8) is 0 Å². The molecule has 1 amide bonds. The van der Waals surface area contributed by atoms with E-state index in [4.69, 9.17) is 5.73 Å². The van der Waals surface area contributed by atoms with Crippen LogP contribution in [0.15, 0.2) is 40.9 Å². The topological polar surface area (TPSA) is 55.1 Å². The summed E-state index contributed by atoms with van der Waals surface area (Å²) < 4.78 is 14.0. The van der Waals surface area contributed by atoms with Gasteiger partial charge >= 0.3 is 0 Å². The molecule has 1 aliphatic heterocycles. The number of anilines is 2. The summed E-state index contributed by atoms with van der Waals surface area (Å²) in [5.74, 6) is -0.690. The lowest BCUT2D eigenvalue weighted by atomic mass is 9.93. The predicted molar refractivity (Wildman–Crippen MR) is 80.0 cm³/mol. The van der Waals surface area contributed by atoms with Gasteiger partial charge < -0.3 is 11.1 Å². The molecule has 1 unspecified atom stereocenters. The number of halogens is 2. The Kier molecular flexibility index (Phi) is 3.22. The van der Waals surface area contributed by atoms with Crippen molar-refractivity contribution < 1.29 is 9.18 Å². The molecule has 0 spiro atoms. The minimum atomic E-state index is -0.316. The summed E-state index contributed by atoms with van der Waals surface area (Å²) in [5.41, 5.74) is 8.81. The Morgan fingerprint density at radius 3 is 2.85 bits per heavy atom. The van der Waals surface area contributed by atoms with Gasteiger partial charge in [-0.15, -0.1) is 0 Å². The maximum absolute atomic E-state index is 13.2. The largest absolute Gasteiger partial charge is 0.398 e. The van der Waals surface area contributed by atoms with Crippen LogP contribution in [0.1, 0.15) is 17.0 Å². The predicted octanol–water partition coefficient (Wildman–Crippen LogP) is 3.45. The quantitative estimate of drug-likeness (QED) is 0.826. The van der Waals surface area contributed by atoms with Crippen LogP contribution in [-0.4, -0.2) is 5.91 Å². The second-order valence-electron chi connectivity index (χ2n) is 4.84. The van der Waals surface area contributed by atoms with Gasteiger partial charge in [0.2, 0.25) is 5.91 Å². The summed E-state index contributed by atoms with van der Waals surface area (Å²) in [6.45, 7) is 0. The van der Waals surface area contributed by atoms with Crippen molar-refractivity contribution in [1.82, 2.24) is 0 Å². The number of nitrogens with two attached hydrogens (primary N) is 1. The first kappa shape index (κ1) is 13.1. The molecule has 0 saturated carbocycles. The van der Waals surface area contributed by atoms with Gasteiger partial charge in [0, 0.05) is 15.8 Å². The number of hydrogen-bond acceptors (Lipinski definition) is 2. The molecule has 3 nitrogen and oxygen atoms in total. The first-order valence-electron chi connectivity index (χ1n) is 6.19. The van der Waals surface area contributed by atoms with E-state index >= 15 is 0 Å². The molecule has 0 aromatic heterocycles. The summed E-state index contributed by atoms with van der Waals surface area (Å²) in [6, 6.07) is 9.91. The van der Waals surface area contributed by atoms with E-state index in [1.807, 2.05) is 12.1 Å². The smallest absolute Gasteiger partial charge is 0.232 e. The molecule has 3 N–H and O–H groups in total. The van der Waals surface area contributed by atoms with Crippen molar-refractivity contribution in [2.45, 2.75) is 12.3 Å². The molecule has 1 atom stereocenters. The summed E-state index contributed by atoms with van der Waals surface area (Å²) in [5, 5.41) is 2.82. The third-order valence-electron chi connectivity index (χ3n) is 3.45. The Balaban J connectivity index is 1.96. The normalized spacial score (nSPS) is 16.9. The Morgan fingerprint density at radius 1 is 1.30 bits per heavy atom. The van der Waals surface area contributed by atoms with Gasteiger partial charge in [-0.2, -0.15) is 0 Å². The van der Waals surface area contributed by atoms with Gasteiger partial charge in [0.1, 0.15) is 5.82 Å². The number of amides is 1. The lowest BCUT2D eigenvalue weighted by molar-refractivity contribution is -0.117. The van der Waals surface area contributed by atoms with E-state index in [-0.39, 0.29) is 17.6 Å². The van der Waals surface area contributed by atoms with Gasteiger partial charge in [-0.1, -0.05) is 12.1 Å². The summed E-state index contributed by atoms with van der Waals surface area (Å²) >= 11 is 3.37. The molecule has 102 valence electrons. The molecule has 0 saturated heterocycles. The van der Waals surface area contributed by atoms with E-state index in [0.29, 0.717) is 12.1 Å². The number of carbonyl (C=O) groups excluding carboxylic acids is 1. The molecule has 20 heavy (non-hydrogen) atoms. The fourth-order valence-electron chi connectivity index (χ4n) is 2.47. The molecule has 2 aromatic rings. The number of rotatable bonds is 2. The Hall–Kier alpha value is -1.88. The van der Waals surface area contributed by atoms with Crippen LogP contribution < -0.4 is 11.1 Å². The zero-order chi connectivity index (χ0) is 14.3. The third kappa shape index (κ3) is 2.29. The highest BCUT2D eigenvalue weighted by Crippen LogP contribution is 2.39. The van der Waals surface area contributed by atoms with Crippen molar-refractivity contribution >= 4 is 33.2 Å². The first-order valence-corrected chi connectivity index (χ1v) is 6.98. The number of hydrogen-bond donors (Lipinski definition) is 2. The van der Waals surface area contributed by atoms with Gasteiger partial charge in [-0.05, 0) is 57.7 Å². The Morgan fingerprint density at radius 2 is 2.10 bits per heavy atom. The maximum Gasteiger partial charge on any atom is 0.232 e. The van der Waals surface area contributed by atoms with Crippen LogP contribution in [0.25, 0.3) is 0 Å². The lowest BCUT2D eigenvalue weighted by Gasteiger charge is -2.10. The molecule has 0 bridgehead atoms. The standard InChI is InChI=1S/C15H12BrFN2O/c16-12-6-10-11(5-8-2-1-3-9(17)4-8)15(20)19-14(10)7-13(12)18/h1-4,6-7,11H,5,18H2,(H,19,20). The average molecular weight is 335 g/mol. The molecular weight excluding hydrogens is 323 g/mol. The number of nitrogen functional groups attached to an aromatic ring is 1. The molecule has 5 heteroatoms. The molecule has 2 aromatic carbocycles. The van der Waals surface area contributed by atoms with E-state index in [2.05, 4.69) is 21.2 Å². The van der Waals surface area contributed by atoms with Gasteiger partial charge in [0.25, 0.3) is 0 Å². The van der Waals surface area contributed by atoms with Crippen molar-refractivity contribution in [3.05, 3.63) is 57.8 Å². The fourth-order valence-corrected chi connectivity index (χ4v) is 2.83. The van der Waals surface area contributed by atoms with Gasteiger partial charge in [-0.3, -0.25) is 4.79 Å². The van der Waals surface area contributed by atoms with Crippen LogP contribution in [-0.2, 0) is 11.2 Å². The van der Waals surface area contributed by atoms with Crippen LogP contribution in [0.5, 0.6) is 0 Å². The van der Waals surface area contributed by atoms with Crippen molar-refractivity contribution in [3.8, 4) is 0 Å². The SMILES string of the molecule is Nc1cc2c(cc1Br)C(Cc1cccc(F)c1)C(=O)N2. The third-order valence-corrected chi connectivity index (χ3v) is 4.13. The molecule has 0 radical (unpaired) electrons. The highest BCUT2D eigenvalue weighted by molar-refractivity contribution is 9.10. The fraction of sp³-hybridized carbons (Fsp3) is 0.133. The van der Waals surface area contributed by atoms with Crippen molar-refractivity contribution in [2.75, 3.05) is 11.1 Å². The van der Waals surface area contributed by atoms with E-state index in [1.165, 1.54) is 12.1 Å². The summed E-state index contributed by atoms with van der Waals surface area (Å²) in [6.07, 6.45) is 0.465. The van der Waals surface area contributed by atoms with Gasteiger partial charge in [0.05, 0.1) is 5.92 Å². The van der Waals surface area contributed by atoms with Crippen molar-refractivity contribution in [1.29, 1.82) is 0 Å². The molecular formula is C15H12BrFN2O. The van der Waals surface area contributed by atoms with E-state index in [1.54, 1.807) is 12.1 Å². The van der Waals surface area contributed by atoms with Crippen LogP contribution in [0, 0.1) is 5.82 Å². The van der Waals surface area contributed by atoms with Crippen molar-refractivity contribution in [2.24, 2.45) is 0 Å². The number of benzene rings is 2. The zero-order valence-electron chi connectivity index (χ0n) is 10.5. The maximum atomic E-state index is 13.2. The van der Waals surface area contributed by atoms with Crippen LogP contribution >= 0.6 is 15.9 Å². The van der Waals surface area contributed by atoms with E-state index < -0.39 is 0 Å². The number of fused-ring (bicyclic) bond motifs is 1. The molecule has 1 aliphatic rings. The Bertz CT molecular complexity index is 702. The highest BCUT2D eigenvalue weighted by atomic mass is 79.9. The van der Waals surface area contributed by atoms with E-state index in [0.717, 1.165) is 21.3 Å². The zero-order valence-corrected chi connectivity index (χ0v) is 12.1. The molecule has 0 fully saturated rings. The second kappa shape index (κ2) is 4.90. The highest BCUT2D eigenvalue weighted by Gasteiger charge is 2.31. The minimum Gasteiger partial charge on any atom is -0.398 e. The monoisotopic (exact) mass is 334 g/mol. The van der Waals surface area contributed by atoms with Crippen LogP contribution in [0.4, 0.5) is 15.8 Å². The second-order valence-corrected chi connectivity index (χ2v) is 5.69. The lowest BCUT2D eigenvalue weighted by Crippen LogP contribution is -2.14. The average Bonchev–Trinajstić information content (AvgIpc) is 2.67. The molecule has 3 rings (SSSR count). The summed E-state index contributed by atoms with van der Waals surface area (Å²) in [7, 11) is 0.